The van der Waals surface area contributed by atoms with E-state index in [4.69, 9.17) is 14.2 Å². The lowest BCUT2D eigenvalue weighted by atomic mass is 10.1. The zero-order valence-corrected chi connectivity index (χ0v) is 36.9. The molecule has 0 rings (SSSR count). The molecule has 2 atom stereocenters. The Kier molecular flexibility index (Phi) is 37.0. The van der Waals surface area contributed by atoms with Gasteiger partial charge in [-0.15, -0.1) is 0 Å². The first-order chi connectivity index (χ1) is 28.1. The van der Waals surface area contributed by atoms with Gasteiger partial charge in [0.25, 0.3) is 0 Å². The summed E-state index contributed by atoms with van der Waals surface area (Å²) in [6.07, 6.45) is 54.2. The molecule has 8 nitrogen and oxygen atoms in total. The predicted molar refractivity (Wildman–Crippen MR) is 242 cm³/mol. The summed E-state index contributed by atoms with van der Waals surface area (Å²) in [6, 6.07) is -0.633. The molecular weight excluding hydrogens is 727 g/mol. The van der Waals surface area contributed by atoms with Crippen LogP contribution in [0.4, 0.5) is 0 Å². The molecule has 0 aromatic carbocycles. The fraction of sp³-hybridized carbons (Fsp3) is 0.580. The topological polar surface area (TPSA) is 99.1 Å². The van der Waals surface area contributed by atoms with Crippen LogP contribution in [0.3, 0.4) is 0 Å². The Morgan fingerprint density at radius 2 is 1.00 bits per heavy atom. The summed E-state index contributed by atoms with van der Waals surface area (Å²) < 4.78 is 17.2. The quantitative estimate of drug-likeness (QED) is 0.0219. The van der Waals surface area contributed by atoms with E-state index in [0.717, 1.165) is 96.3 Å². The Labute approximate surface area is 353 Å². The molecule has 0 amide bonds. The molecule has 0 saturated heterocycles. The SMILES string of the molecule is CC/C=C/C=C/C=C/CCCCCCCC(=O)OCC(COCCC(C(=O)O)[N+](C)(C)C)OC(=O)CCCC/C=C/C/C=C/C/C=C/C/C=C/C/C=C/C/C=C/CC. The number of likely N-dealkylation sites (N-methyl/N-ethyl adjacent to an activating group) is 1. The highest BCUT2D eigenvalue weighted by atomic mass is 16.6. The molecule has 58 heavy (non-hydrogen) atoms. The van der Waals surface area contributed by atoms with Crippen molar-refractivity contribution in [2.45, 2.75) is 148 Å². The van der Waals surface area contributed by atoms with Gasteiger partial charge in [0.2, 0.25) is 0 Å². The Morgan fingerprint density at radius 1 is 0.534 bits per heavy atom. The van der Waals surface area contributed by atoms with Gasteiger partial charge in [-0.3, -0.25) is 9.59 Å². The van der Waals surface area contributed by atoms with E-state index < -0.39 is 18.1 Å². The molecule has 0 aliphatic heterocycles. The van der Waals surface area contributed by atoms with Crippen molar-refractivity contribution in [3.05, 3.63) is 109 Å². The number of rotatable bonds is 37. The minimum Gasteiger partial charge on any atom is -0.477 e. The number of allylic oxidation sites excluding steroid dienone is 18. The molecule has 0 heterocycles. The van der Waals surface area contributed by atoms with Crippen LogP contribution in [0.15, 0.2) is 109 Å². The van der Waals surface area contributed by atoms with E-state index in [2.05, 4.69) is 111 Å². The Morgan fingerprint density at radius 3 is 1.57 bits per heavy atom. The third kappa shape index (κ3) is 37.6. The predicted octanol–water partition coefficient (Wildman–Crippen LogP) is 12.1. The number of hydrogen-bond donors (Lipinski definition) is 1. The number of aliphatic carboxylic acids is 1. The number of carbonyl (C=O) groups excluding carboxylic acids is 2. The average molecular weight is 807 g/mol. The monoisotopic (exact) mass is 807 g/mol. The van der Waals surface area contributed by atoms with Gasteiger partial charge in [-0.25, -0.2) is 4.79 Å². The standard InChI is InChI=1S/C50H79NO7/c1-6-8-10-12-14-16-18-20-21-22-23-24-25-26-27-29-31-33-35-37-39-41-49(53)58-46(44-56-43-42-47(50(54)55)51(3,4)5)45-57-48(52)40-38-36-34-32-30-28-19-17-15-13-11-9-7-2/h8-11,13-17,19-21,23-24,26-27,31,33,46-47H,6-7,12,18,22,25,28-30,32,34-45H2,1-5H3/p+1/b10-8+,11-9+,15-13+,16-14+,19-17+,21-20+,24-23+,27-26+,33-31+. The number of nitrogens with zero attached hydrogens (tertiary/aromatic N) is 1. The normalized spacial score (nSPS) is 14.0. The number of quaternary nitrogens is 1. The van der Waals surface area contributed by atoms with E-state index in [-0.39, 0.29) is 42.7 Å². The highest BCUT2D eigenvalue weighted by Gasteiger charge is 2.31. The second-order valence-electron chi connectivity index (χ2n) is 15.2. The van der Waals surface area contributed by atoms with Crippen molar-refractivity contribution in [2.75, 3.05) is 41.0 Å². The van der Waals surface area contributed by atoms with Crippen molar-refractivity contribution in [3.8, 4) is 0 Å². The number of unbranched alkanes of at least 4 members (excludes halogenated alkanes) is 7. The molecule has 1 N–H and O–H groups in total. The van der Waals surface area contributed by atoms with Gasteiger partial charge in [0, 0.05) is 19.3 Å². The van der Waals surface area contributed by atoms with E-state index >= 15 is 0 Å². The smallest absolute Gasteiger partial charge is 0.362 e. The second kappa shape index (κ2) is 39.8. The van der Waals surface area contributed by atoms with Crippen LogP contribution in [0.2, 0.25) is 0 Å². The van der Waals surface area contributed by atoms with E-state index in [1.165, 1.54) is 0 Å². The number of hydrogen-bond acceptors (Lipinski definition) is 6. The summed E-state index contributed by atoms with van der Waals surface area (Å²) in [5, 5.41) is 9.62. The summed E-state index contributed by atoms with van der Waals surface area (Å²) in [5.74, 6) is -1.57. The zero-order chi connectivity index (χ0) is 42.8. The van der Waals surface area contributed by atoms with Crippen molar-refractivity contribution in [1.29, 1.82) is 0 Å². The molecule has 0 aromatic rings. The fourth-order valence-corrected chi connectivity index (χ4v) is 5.62. The van der Waals surface area contributed by atoms with Crippen LogP contribution in [0.25, 0.3) is 0 Å². The van der Waals surface area contributed by atoms with Crippen LogP contribution in [0, 0.1) is 0 Å². The molecule has 8 heteroatoms. The first kappa shape index (κ1) is 54.0. The first-order valence-corrected chi connectivity index (χ1v) is 22.0. The number of carboxylic acid groups (broad SMARTS) is 1. The third-order valence-corrected chi connectivity index (χ3v) is 8.98. The van der Waals surface area contributed by atoms with Gasteiger partial charge in [-0.1, -0.05) is 142 Å². The zero-order valence-electron chi connectivity index (χ0n) is 36.9. The van der Waals surface area contributed by atoms with Crippen LogP contribution in [0.1, 0.15) is 136 Å². The summed E-state index contributed by atoms with van der Waals surface area (Å²) in [5.41, 5.74) is 0. The second-order valence-corrected chi connectivity index (χ2v) is 15.2. The molecule has 0 spiro atoms. The molecule has 0 aromatic heterocycles. The van der Waals surface area contributed by atoms with E-state index in [1.54, 1.807) is 0 Å². The van der Waals surface area contributed by atoms with Crippen LogP contribution >= 0.6 is 0 Å². The highest BCUT2D eigenvalue weighted by molar-refractivity contribution is 5.72. The molecule has 2 unspecified atom stereocenters. The minimum atomic E-state index is -0.891. The summed E-state index contributed by atoms with van der Waals surface area (Å²) in [7, 11) is 5.49. The first-order valence-electron chi connectivity index (χ1n) is 22.0. The Balaban J connectivity index is 4.48. The fourth-order valence-electron chi connectivity index (χ4n) is 5.62. The average Bonchev–Trinajstić information content (AvgIpc) is 3.18. The Bertz CT molecular complexity index is 1310. The van der Waals surface area contributed by atoms with Crippen molar-refractivity contribution >= 4 is 17.9 Å². The van der Waals surface area contributed by atoms with Crippen molar-refractivity contribution < 1.29 is 38.2 Å². The minimum absolute atomic E-state index is 0.0285. The van der Waals surface area contributed by atoms with Gasteiger partial charge in [-0.2, -0.15) is 0 Å². The largest absolute Gasteiger partial charge is 0.477 e. The lowest BCUT2D eigenvalue weighted by Gasteiger charge is -2.31. The molecule has 0 bridgehead atoms. The molecule has 0 fully saturated rings. The van der Waals surface area contributed by atoms with Crippen molar-refractivity contribution in [3.63, 3.8) is 0 Å². The number of ether oxygens (including phenoxy) is 3. The molecule has 0 aliphatic carbocycles. The maximum atomic E-state index is 12.7. The lowest BCUT2D eigenvalue weighted by molar-refractivity contribution is -0.887. The number of carbonyl (C=O) groups is 3. The molecule has 0 saturated carbocycles. The van der Waals surface area contributed by atoms with Crippen molar-refractivity contribution in [2.24, 2.45) is 0 Å². The Hall–Kier alpha value is -4.01. The van der Waals surface area contributed by atoms with Crippen LogP contribution in [0.5, 0.6) is 0 Å². The summed E-state index contributed by atoms with van der Waals surface area (Å²) in [4.78, 5) is 37.0. The molecule has 326 valence electrons. The molecule has 0 radical (unpaired) electrons. The maximum Gasteiger partial charge on any atom is 0.362 e. The van der Waals surface area contributed by atoms with E-state index in [0.29, 0.717) is 19.3 Å². The van der Waals surface area contributed by atoms with Crippen molar-refractivity contribution in [1.82, 2.24) is 0 Å². The third-order valence-electron chi connectivity index (χ3n) is 8.98. The maximum absolute atomic E-state index is 12.7. The molecular formula is C50H80NO7+. The number of esters is 2. The molecule has 0 aliphatic rings. The van der Waals surface area contributed by atoms with Crippen LogP contribution in [-0.4, -0.2) is 80.6 Å². The van der Waals surface area contributed by atoms with Gasteiger partial charge in [0.05, 0.1) is 34.4 Å². The van der Waals surface area contributed by atoms with Gasteiger partial charge in [0.15, 0.2) is 12.1 Å². The van der Waals surface area contributed by atoms with Gasteiger partial charge in [0.1, 0.15) is 6.61 Å². The van der Waals surface area contributed by atoms with Gasteiger partial charge >= 0.3 is 17.9 Å². The van der Waals surface area contributed by atoms with Gasteiger partial charge < -0.3 is 23.8 Å². The van der Waals surface area contributed by atoms with Crippen LogP contribution < -0.4 is 0 Å². The summed E-state index contributed by atoms with van der Waals surface area (Å²) in [6.45, 7) is 4.39. The van der Waals surface area contributed by atoms with Crippen LogP contribution in [-0.2, 0) is 28.6 Å². The van der Waals surface area contributed by atoms with Gasteiger partial charge in [-0.05, 0) is 83.5 Å². The summed E-state index contributed by atoms with van der Waals surface area (Å²) >= 11 is 0. The number of carboxylic acids is 1. The lowest BCUT2D eigenvalue weighted by Crippen LogP contribution is -2.50. The van der Waals surface area contributed by atoms with E-state index in [1.807, 2.05) is 33.3 Å². The van der Waals surface area contributed by atoms with E-state index in [9.17, 15) is 19.5 Å². The highest BCUT2D eigenvalue weighted by Crippen LogP contribution is 2.12.